The smallest absolute Gasteiger partial charge is 0.501 e. The van der Waals surface area contributed by atoms with Crippen LogP contribution in [0.1, 0.15) is 42.3 Å². The largest absolute Gasteiger partial charge is 0.507 e. The number of rotatable bonds is 5. The van der Waals surface area contributed by atoms with Crippen LogP contribution < -0.4 is 10.1 Å². The number of aromatic hydroxyl groups is 1. The van der Waals surface area contributed by atoms with Crippen LogP contribution in [0.4, 0.5) is 18.9 Å². The molecule has 0 unspecified atom stereocenters. The molecule has 0 aliphatic heterocycles. The highest BCUT2D eigenvalue weighted by atomic mass is 32.2. The van der Waals surface area contributed by atoms with Gasteiger partial charge >= 0.3 is 5.51 Å². The minimum Gasteiger partial charge on any atom is -0.507 e. The first-order valence-corrected chi connectivity index (χ1v) is 12.0. The van der Waals surface area contributed by atoms with E-state index in [0.29, 0.717) is 17.2 Å². The summed E-state index contributed by atoms with van der Waals surface area (Å²) in [7, 11) is -4.46. The van der Waals surface area contributed by atoms with Gasteiger partial charge in [-0.1, -0.05) is 20.8 Å². The summed E-state index contributed by atoms with van der Waals surface area (Å²) in [6, 6.07) is 4.23. The van der Waals surface area contributed by atoms with Crippen molar-refractivity contribution in [2.45, 2.75) is 48.4 Å². The lowest BCUT2D eigenvalue weighted by Gasteiger charge is -2.24. The molecule has 0 heterocycles. The van der Waals surface area contributed by atoms with Crippen molar-refractivity contribution >= 4 is 33.2 Å². The number of amides is 1. The molecule has 176 valence electrons. The Balaban J connectivity index is 2.57. The van der Waals surface area contributed by atoms with E-state index < -0.39 is 31.6 Å². The number of benzene rings is 2. The summed E-state index contributed by atoms with van der Waals surface area (Å²) in [6.45, 7) is 7.31. The Labute approximate surface area is 189 Å². The average Bonchev–Trinajstić information content (AvgIpc) is 2.66. The van der Waals surface area contributed by atoms with Crippen molar-refractivity contribution < 1.29 is 36.2 Å². The molecule has 0 saturated carbocycles. The monoisotopic (exact) mass is 491 g/mol. The van der Waals surface area contributed by atoms with Gasteiger partial charge in [0.1, 0.15) is 11.5 Å². The lowest BCUT2D eigenvalue weighted by Crippen LogP contribution is -2.23. The van der Waals surface area contributed by atoms with Crippen LogP contribution in [0.3, 0.4) is 0 Å². The molecule has 0 atom stereocenters. The summed E-state index contributed by atoms with van der Waals surface area (Å²) in [4.78, 5) is 12.8. The number of anilines is 1. The van der Waals surface area contributed by atoms with Crippen LogP contribution in [-0.4, -0.2) is 38.3 Å². The van der Waals surface area contributed by atoms with Crippen LogP contribution in [0.2, 0.25) is 0 Å². The van der Waals surface area contributed by atoms with Crippen molar-refractivity contribution in [1.29, 1.82) is 0 Å². The van der Waals surface area contributed by atoms with Crippen LogP contribution in [-0.2, 0) is 15.3 Å². The minimum absolute atomic E-state index is 0.0100. The van der Waals surface area contributed by atoms with Crippen LogP contribution in [0.5, 0.6) is 11.5 Å². The average molecular weight is 492 g/mol. The molecule has 2 aromatic carbocycles. The molecule has 0 aromatic heterocycles. The Morgan fingerprint density at radius 1 is 1.16 bits per heavy atom. The van der Waals surface area contributed by atoms with Gasteiger partial charge in [0.15, 0.2) is 0 Å². The maximum atomic E-state index is 13.1. The van der Waals surface area contributed by atoms with Crippen molar-refractivity contribution in [3.8, 4) is 11.5 Å². The van der Waals surface area contributed by atoms with Gasteiger partial charge in [-0.3, -0.25) is 4.79 Å². The van der Waals surface area contributed by atoms with Crippen molar-refractivity contribution in [1.82, 2.24) is 0 Å². The van der Waals surface area contributed by atoms with Crippen LogP contribution in [0.15, 0.2) is 34.1 Å². The molecular weight excluding hydrogens is 467 g/mol. The number of phenolic OH excluding ortho intramolecular Hbond substituents is 1. The standard InChI is InChI=1S/C21H24F3NO5S2/c1-11-16(31-6)10-13(20(2,3)4)18(26)17(11)19(27)25-14-8-7-12(9-15(14)30-5)32(28,29)21(22,23)24/h7-10,26H,1-6H3,(H,25,27). The van der Waals surface area contributed by atoms with Crippen LogP contribution >= 0.6 is 11.8 Å². The van der Waals surface area contributed by atoms with Gasteiger partial charge in [0, 0.05) is 16.5 Å². The number of nitrogens with one attached hydrogen (secondary N) is 1. The molecule has 0 bridgehead atoms. The quantitative estimate of drug-likeness (QED) is 0.554. The third-order valence-corrected chi connectivity index (χ3v) is 7.15. The van der Waals surface area contributed by atoms with Crippen LogP contribution in [0, 0.1) is 6.92 Å². The highest BCUT2D eigenvalue weighted by Crippen LogP contribution is 2.40. The Morgan fingerprint density at radius 3 is 2.22 bits per heavy atom. The van der Waals surface area contributed by atoms with Crippen molar-refractivity contribution in [2.24, 2.45) is 0 Å². The number of halogens is 3. The van der Waals surface area contributed by atoms with E-state index in [2.05, 4.69) is 5.32 Å². The molecule has 0 fully saturated rings. The number of hydrogen-bond donors (Lipinski definition) is 2. The van der Waals surface area contributed by atoms with Crippen molar-refractivity contribution in [2.75, 3.05) is 18.7 Å². The third kappa shape index (κ3) is 4.83. The fourth-order valence-corrected chi connectivity index (χ4v) is 4.49. The second-order valence-corrected chi connectivity index (χ2v) is 10.8. The number of hydrogen-bond acceptors (Lipinski definition) is 6. The molecule has 0 saturated heterocycles. The predicted octanol–water partition coefficient (Wildman–Crippen LogP) is 5.27. The maximum Gasteiger partial charge on any atom is 0.501 e. The fourth-order valence-electron chi connectivity index (χ4n) is 3.07. The minimum atomic E-state index is -5.59. The number of phenols is 1. The molecule has 2 N–H and O–H groups in total. The molecule has 0 radical (unpaired) electrons. The SMILES string of the molecule is COc1cc(S(=O)(=O)C(F)(F)F)ccc1NC(=O)c1c(C)c(SC)cc(C(C)(C)C)c1O. The maximum absolute atomic E-state index is 13.1. The highest BCUT2D eigenvalue weighted by molar-refractivity contribution is 7.98. The third-order valence-electron chi connectivity index (χ3n) is 4.80. The Kier molecular flexibility index (Phi) is 7.16. The topological polar surface area (TPSA) is 92.7 Å². The van der Waals surface area contributed by atoms with Gasteiger partial charge in [-0.05, 0) is 42.4 Å². The number of sulfone groups is 1. The Morgan fingerprint density at radius 2 is 1.75 bits per heavy atom. The molecule has 2 rings (SSSR count). The first kappa shape index (κ1) is 25.9. The summed E-state index contributed by atoms with van der Waals surface area (Å²) in [5.41, 5.74) is -4.91. The summed E-state index contributed by atoms with van der Waals surface area (Å²) >= 11 is 1.40. The van der Waals surface area contributed by atoms with Crippen molar-refractivity contribution in [3.05, 3.63) is 41.0 Å². The summed E-state index contributed by atoms with van der Waals surface area (Å²) in [6.07, 6.45) is 1.83. The Hall–Kier alpha value is -2.40. The zero-order valence-electron chi connectivity index (χ0n) is 18.3. The van der Waals surface area contributed by atoms with Gasteiger partial charge in [0.25, 0.3) is 15.7 Å². The van der Waals surface area contributed by atoms with E-state index in [-0.39, 0.29) is 22.7 Å². The number of carbonyl (C=O) groups is 1. The molecule has 0 spiro atoms. The lowest BCUT2D eigenvalue weighted by molar-refractivity contribution is -0.0436. The summed E-state index contributed by atoms with van der Waals surface area (Å²) < 4.78 is 66.9. The molecule has 2 aromatic rings. The molecule has 11 heteroatoms. The molecule has 0 aliphatic carbocycles. The zero-order valence-corrected chi connectivity index (χ0v) is 20.0. The van der Waals surface area contributed by atoms with E-state index >= 15 is 0 Å². The van der Waals surface area contributed by atoms with Gasteiger partial charge < -0.3 is 15.2 Å². The number of ether oxygens (including phenoxy) is 1. The summed E-state index contributed by atoms with van der Waals surface area (Å²) in [5, 5.41) is 13.3. The van der Waals surface area contributed by atoms with Gasteiger partial charge in [0.05, 0.1) is 23.3 Å². The normalized spacial score (nSPS) is 12.5. The lowest BCUT2D eigenvalue weighted by atomic mass is 9.84. The zero-order chi connectivity index (χ0) is 24.6. The Bertz CT molecular complexity index is 1150. The number of thioether (sulfide) groups is 1. The van der Waals surface area contributed by atoms with E-state index in [1.54, 1.807) is 6.92 Å². The van der Waals surface area contributed by atoms with Gasteiger partial charge in [-0.2, -0.15) is 13.2 Å². The van der Waals surface area contributed by atoms with Crippen molar-refractivity contribution in [3.63, 3.8) is 0 Å². The first-order valence-electron chi connectivity index (χ1n) is 9.28. The van der Waals surface area contributed by atoms with E-state index in [9.17, 15) is 31.5 Å². The van der Waals surface area contributed by atoms with Crippen LogP contribution in [0.25, 0.3) is 0 Å². The molecular formula is C21H24F3NO5S2. The fraction of sp³-hybridized carbons (Fsp3) is 0.381. The predicted molar refractivity (Wildman–Crippen MR) is 118 cm³/mol. The second kappa shape index (κ2) is 8.86. The summed E-state index contributed by atoms with van der Waals surface area (Å²) in [5.74, 6) is -1.20. The first-order chi connectivity index (χ1) is 14.6. The van der Waals surface area contributed by atoms with E-state index in [1.807, 2.05) is 33.1 Å². The van der Waals surface area contributed by atoms with E-state index in [4.69, 9.17) is 4.74 Å². The van der Waals surface area contributed by atoms with Gasteiger partial charge in [-0.25, -0.2) is 8.42 Å². The highest BCUT2D eigenvalue weighted by Gasteiger charge is 2.47. The molecule has 0 aliphatic rings. The van der Waals surface area contributed by atoms with E-state index in [1.165, 1.54) is 11.8 Å². The van der Waals surface area contributed by atoms with E-state index in [0.717, 1.165) is 24.1 Å². The molecule has 6 nitrogen and oxygen atoms in total. The molecule has 32 heavy (non-hydrogen) atoms. The number of methoxy groups -OCH3 is 1. The van der Waals surface area contributed by atoms with Gasteiger partial charge in [0.2, 0.25) is 0 Å². The number of carbonyl (C=O) groups excluding carboxylic acids is 1. The van der Waals surface area contributed by atoms with Gasteiger partial charge in [-0.15, -0.1) is 11.8 Å². The molecule has 1 amide bonds. The second-order valence-electron chi connectivity index (χ2n) is 7.99. The number of alkyl halides is 3.